The number of nitrogens with one attached hydrogen (secondary N) is 3. The van der Waals surface area contributed by atoms with Crippen LogP contribution in [0.25, 0.3) is 0 Å². The van der Waals surface area contributed by atoms with E-state index in [-0.39, 0.29) is 12.6 Å². The number of carboxylic acid groups (broad SMARTS) is 1. The van der Waals surface area contributed by atoms with Crippen molar-refractivity contribution in [2.75, 3.05) is 26.2 Å². The highest BCUT2D eigenvalue weighted by Gasteiger charge is 2.16. The summed E-state index contributed by atoms with van der Waals surface area (Å²) in [6.45, 7) is 2.43. The van der Waals surface area contributed by atoms with Gasteiger partial charge in [0.05, 0.1) is 0 Å². The molecular weight excluding hydrogens is 212 g/mol. The highest BCUT2D eigenvalue weighted by molar-refractivity contribution is 5.77. The van der Waals surface area contributed by atoms with Crippen molar-refractivity contribution >= 4 is 12.0 Å². The summed E-state index contributed by atoms with van der Waals surface area (Å²) >= 11 is 0. The maximum atomic E-state index is 11.2. The van der Waals surface area contributed by atoms with Crippen LogP contribution in [0, 0.1) is 5.92 Å². The van der Waals surface area contributed by atoms with E-state index < -0.39 is 12.0 Å². The quantitative estimate of drug-likeness (QED) is 0.386. The van der Waals surface area contributed by atoms with E-state index in [1.54, 1.807) is 0 Å². The van der Waals surface area contributed by atoms with Gasteiger partial charge in [-0.15, -0.1) is 0 Å². The molecule has 1 rings (SSSR count). The van der Waals surface area contributed by atoms with Gasteiger partial charge in [0.25, 0.3) is 0 Å². The minimum absolute atomic E-state index is 0.0654. The molecule has 0 bridgehead atoms. The van der Waals surface area contributed by atoms with E-state index in [0.29, 0.717) is 12.5 Å². The predicted octanol–water partition coefficient (Wildman–Crippen LogP) is -1.69. The molecule has 6 N–H and O–H groups in total. The van der Waals surface area contributed by atoms with Gasteiger partial charge in [0.2, 0.25) is 0 Å². The lowest BCUT2D eigenvalue weighted by Gasteiger charge is -2.12. The Morgan fingerprint density at radius 3 is 2.81 bits per heavy atom. The number of nitrogens with two attached hydrogens (primary N) is 1. The SMILES string of the molecule is N[C@@H](CNC(=O)NC[C@H]1CCNC1)C(=O)O. The molecule has 92 valence electrons. The molecule has 0 unspecified atom stereocenters. The molecule has 0 spiro atoms. The van der Waals surface area contributed by atoms with Gasteiger partial charge in [-0.25, -0.2) is 4.79 Å². The minimum Gasteiger partial charge on any atom is -0.480 e. The number of hydrogen-bond donors (Lipinski definition) is 5. The van der Waals surface area contributed by atoms with Crippen LogP contribution < -0.4 is 21.7 Å². The van der Waals surface area contributed by atoms with Gasteiger partial charge in [0, 0.05) is 13.1 Å². The van der Waals surface area contributed by atoms with Crippen molar-refractivity contribution in [1.29, 1.82) is 0 Å². The molecule has 1 aliphatic rings. The molecule has 1 saturated heterocycles. The maximum absolute atomic E-state index is 11.2. The fraction of sp³-hybridized carbons (Fsp3) is 0.778. The minimum atomic E-state index is -1.12. The molecule has 1 heterocycles. The second-order valence-electron chi connectivity index (χ2n) is 3.89. The number of urea groups is 1. The summed E-state index contributed by atoms with van der Waals surface area (Å²) in [5.74, 6) is -0.667. The van der Waals surface area contributed by atoms with Crippen LogP contribution in [0.2, 0.25) is 0 Å². The van der Waals surface area contributed by atoms with Crippen molar-refractivity contribution in [3.8, 4) is 0 Å². The van der Waals surface area contributed by atoms with Gasteiger partial charge >= 0.3 is 12.0 Å². The summed E-state index contributed by atoms with van der Waals surface area (Å²) in [7, 11) is 0. The fourth-order valence-corrected chi connectivity index (χ4v) is 1.48. The lowest BCUT2D eigenvalue weighted by Crippen LogP contribution is -2.46. The van der Waals surface area contributed by atoms with Gasteiger partial charge in [0.1, 0.15) is 6.04 Å². The molecule has 16 heavy (non-hydrogen) atoms. The Kier molecular flexibility index (Phi) is 5.00. The molecule has 7 heteroatoms. The Hall–Kier alpha value is -1.34. The molecule has 2 atom stereocenters. The lowest BCUT2D eigenvalue weighted by molar-refractivity contribution is -0.138. The summed E-state index contributed by atoms with van der Waals surface area (Å²) in [5, 5.41) is 16.8. The average molecular weight is 230 g/mol. The van der Waals surface area contributed by atoms with Crippen LogP contribution >= 0.6 is 0 Å². The largest absolute Gasteiger partial charge is 0.480 e. The van der Waals surface area contributed by atoms with E-state index in [0.717, 1.165) is 19.5 Å². The van der Waals surface area contributed by atoms with Crippen molar-refractivity contribution < 1.29 is 14.7 Å². The average Bonchev–Trinajstić information content (AvgIpc) is 2.75. The fourth-order valence-electron chi connectivity index (χ4n) is 1.48. The summed E-state index contributed by atoms with van der Waals surface area (Å²) in [4.78, 5) is 21.6. The molecule has 0 aromatic carbocycles. The molecule has 0 aromatic heterocycles. The van der Waals surface area contributed by atoms with E-state index in [4.69, 9.17) is 10.8 Å². The number of amides is 2. The number of rotatable bonds is 5. The Morgan fingerprint density at radius 2 is 2.25 bits per heavy atom. The third-order valence-electron chi connectivity index (χ3n) is 2.51. The van der Waals surface area contributed by atoms with Crippen LogP contribution in [0.15, 0.2) is 0 Å². The Balaban J connectivity index is 2.08. The maximum Gasteiger partial charge on any atom is 0.322 e. The van der Waals surface area contributed by atoms with Crippen LogP contribution in [0.5, 0.6) is 0 Å². The molecule has 7 nitrogen and oxygen atoms in total. The van der Waals surface area contributed by atoms with Crippen molar-refractivity contribution in [3.63, 3.8) is 0 Å². The Labute approximate surface area is 93.8 Å². The summed E-state index contributed by atoms with van der Waals surface area (Å²) in [5.41, 5.74) is 5.23. The molecule has 0 saturated carbocycles. The van der Waals surface area contributed by atoms with Gasteiger partial charge in [-0.1, -0.05) is 0 Å². The first-order valence-corrected chi connectivity index (χ1v) is 5.30. The van der Waals surface area contributed by atoms with Crippen LogP contribution in [0.3, 0.4) is 0 Å². The molecule has 1 aliphatic heterocycles. The zero-order chi connectivity index (χ0) is 12.0. The normalized spacial score (nSPS) is 21.4. The first kappa shape index (κ1) is 12.7. The van der Waals surface area contributed by atoms with Crippen LogP contribution in [0.1, 0.15) is 6.42 Å². The molecule has 1 fully saturated rings. The number of carbonyl (C=O) groups is 2. The zero-order valence-electron chi connectivity index (χ0n) is 9.03. The second kappa shape index (κ2) is 6.29. The van der Waals surface area contributed by atoms with Crippen molar-refractivity contribution in [1.82, 2.24) is 16.0 Å². The molecule has 0 aliphatic carbocycles. The highest BCUT2D eigenvalue weighted by atomic mass is 16.4. The van der Waals surface area contributed by atoms with Crippen molar-refractivity contribution in [2.45, 2.75) is 12.5 Å². The van der Waals surface area contributed by atoms with Gasteiger partial charge in [0.15, 0.2) is 0 Å². The summed E-state index contributed by atoms with van der Waals surface area (Å²) < 4.78 is 0. The van der Waals surface area contributed by atoms with E-state index in [1.807, 2.05) is 0 Å². The Bertz CT molecular complexity index is 253. The third kappa shape index (κ3) is 4.45. The zero-order valence-corrected chi connectivity index (χ0v) is 9.03. The van der Waals surface area contributed by atoms with E-state index in [1.165, 1.54) is 0 Å². The summed E-state index contributed by atoms with van der Waals surface area (Å²) in [6.07, 6.45) is 1.05. The van der Waals surface area contributed by atoms with Crippen LogP contribution in [-0.2, 0) is 4.79 Å². The predicted molar refractivity (Wildman–Crippen MR) is 58.0 cm³/mol. The number of aliphatic carboxylic acids is 1. The van der Waals surface area contributed by atoms with Crippen molar-refractivity contribution in [3.05, 3.63) is 0 Å². The molecule has 0 radical (unpaired) electrons. The Morgan fingerprint density at radius 1 is 1.50 bits per heavy atom. The lowest BCUT2D eigenvalue weighted by atomic mass is 10.1. The highest BCUT2D eigenvalue weighted by Crippen LogP contribution is 2.04. The van der Waals surface area contributed by atoms with Gasteiger partial charge < -0.3 is 26.8 Å². The number of carbonyl (C=O) groups excluding carboxylic acids is 1. The molecule has 2 amide bonds. The van der Waals surface area contributed by atoms with E-state index in [9.17, 15) is 9.59 Å². The number of hydrogen-bond acceptors (Lipinski definition) is 4. The second-order valence-corrected chi connectivity index (χ2v) is 3.89. The first-order chi connectivity index (χ1) is 7.59. The van der Waals surface area contributed by atoms with Gasteiger partial charge in [-0.05, 0) is 25.4 Å². The van der Waals surface area contributed by atoms with Crippen molar-refractivity contribution in [2.24, 2.45) is 11.7 Å². The molecular formula is C9H18N4O3. The smallest absolute Gasteiger partial charge is 0.322 e. The third-order valence-corrected chi connectivity index (χ3v) is 2.51. The summed E-state index contributed by atoms with van der Waals surface area (Å²) in [6, 6.07) is -1.43. The van der Waals surface area contributed by atoms with E-state index >= 15 is 0 Å². The standard InChI is InChI=1S/C9H18N4O3/c10-7(8(14)15)5-13-9(16)12-4-6-1-2-11-3-6/h6-7,11H,1-5,10H2,(H,14,15)(H2,12,13,16)/t6-,7-/m0/s1. The molecule has 0 aromatic rings. The first-order valence-electron chi connectivity index (χ1n) is 5.30. The van der Waals surface area contributed by atoms with Crippen LogP contribution in [-0.4, -0.2) is 49.3 Å². The monoisotopic (exact) mass is 230 g/mol. The van der Waals surface area contributed by atoms with E-state index in [2.05, 4.69) is 16.0 Å². The topological polar surface area (TPSA) is 116 Å². The number of carboxylic acids is 1. The van der Waals surface area contributed by atoms with Crippen LogP contribution in [0.4, 0.5) is 4.79 Å². The van der Waals surface area contributed by atoms with Gasteiger partial charge in [-0.2, -0.15) is 0 Å². The van der Waals surface area contributed by atoms with Gasteiger partial charge in [-0.3, -0.25) is 4.79 Å².